The molecule has 4 fully saturated rings. The molecule has 4 saturated carbocycles. The Labute approximate surface area is 820 Å². The fourth-order valence-electron chi connectivity index (χ4n) is 17.3. The molecule has 0 aromatic heterocycles. The normalized spacial score (nSPS) is 15.5. The Balaban J connectivity index is 0.000000206. The quantitative estimate of drug-likeness (QED) is 0.0283. The molecule has 0 bridgehead atoms. The van der Waals surface area contributed by atoms with Crippen LogP contribution in [0.2, 0.25) is 0 Å². The van der Waals surface area contributed by atoms with Gasteiger partial charge in [-0.2, -0.15) is 0 Å². The van der Waals surface area contributed by atoms with Gasteiger partial charge in [0.05, 0.1) is 26.2 Å². The smallest absolute Gasteiger partial charge is 0.252 e. The van der Waals surface area contributed by atoms with Crippen LogP contribution >= 0.6 is 0 Å². The lowest BCUT2D eigenvalue weighted by atomic mass is 9.77. The number of ether oxygens (including phenoxy) is 3. The lowest BCUT2D eigenvalue weighted by molar-refractivity contribution is -0.129. The number of aromatic hydroxyl groups is 3. The molecule has 24 nitrogen and oxygen atoms in total. The Morgan fingerprint density at radius 2 is 0.536 bits per heavy atom. The Bertz CT molecular complexity index is 5690. The van der Waals surface area contributed by atoms with E-state index in [0.717, 1.165) is 107 Å². The highest BCUT2D eigenvalue weighted by molar-refractivity contribution is 7.90. The predicted octanol–water partition coefficient (Wildman–Crippen LogP) is 20.7. The highest BCUT2D eigenvalue weighted by Gasteiger charge is 2.53. The van der Waals surface area contributed by atoms with Crippen LogP contribution in [0.3, 0.4) is 0 Å². The summed E-state index contributed by atoms with van der Waals surface area (Å²) >= 11 is 0. The number of methoxy groups -OCH3 is 3. The van der Waals surface area contributed by atoms with E-state index >= 15 is 0 Å². The number of para-hydroxylation sites is 1. The van der Waals surface area contributed by atoms with Gasteiger partial charge < -0.3 is 72.1 Å². The molecule has 0 atom stereocenters. The van der Waals surface area contributed by atoms with Crippen molar-refractivity contribution < 1.29 is 76.3 Å². The van der Waals surface area contributed by atoms with E-state index in [1.165, 1.54) is 12.1 Å². The molecule has 8 aromatic carbocycles. The molecular formula is C113H154N8O16S. The van der Waals surface area contributed by atoms with E-state index in [-0.39, 0.29) is 119 Å². The van der Waals surface area contributed by atoms with Crippen molar-refractivity contribution >= 4 is 62.8 Å². The third-order valence-electron chi connectivity index (χ3n) is 26.3. The Hall–Kier alpha value is -11.7. The molecule has 8 aromatic rings. The van der Waals surface area contributed by atoms with Gasteiger partial charge in [0.15, 0.2) is 9.84 Å². The first-order chi connectivity index (χ1) is 63.8. The summed E-state index contributed by atoms with van der Waals surface area (Å²) in [5.41, 5.74) is 5.25. The molecule has 0 aliphatic heterocycles. The number of carbonyl (C=O) groups excluding carboxylic acids is 8. The summed E-state index contributed by atoms with van der Waals surface area (Å²) in [6.45, 7) is 49.7. The first-order valence-electron chi connectivity index (χ1n) is 48.3. The van der Waals surface area contributed by atoms with Crippen LogP contribution in [0.1, 0.15) is 359 Å². The minimum Gasteiger partial charge on any atom is -0.507 e. The Morgan fingerprint density at radius 3 is 0.761 bits per heavy atom. The zero-order chi connectivity index (χ0) is 103. The van der Waals surface area contributed by atoms with Gasteiger partial charge in [0, 0.05) is 98.3 Å². The highest BCUT2D eigenvalue weighted by atomic mass is 32.2. The first-order valence-corrected chi connectivity index (χ1v) is 50.2. The molecule has 8 amide bonds. The minimum absolute atomic E-state index is 0.155. The summed E-state index contributed by atoms with van der Waals surface area (Å²) in [5, 5.41) is 57.0. The van der Waals surface area contributed by atoms with Gasteiger partial charge in [-0.15, -0.1) is 0 Å². The molecule has 138 heavy (non-hydrogen) atoms. The van der Waals surface area contributed by atoms with Crippen LogP contribution < -0.4 is 56.7 Å². The van der Waals surface area contributed by atoms with Gasteiger partial charge in [-0.1, -0.05) is 259 Å². The fourth-order valence-corrected chi connectivity index (χ4v) is 18.0. The van der Waals surface area contributed by atoms with Crippen molar-refractivity contribution in [2.45, 2.75) is 346 Å². The second kappa shape index (κ2) is 42.9. The summed E-state index contributed by atoms with van der Waals surface area (Å²) in [7, 11) is 1.61. The fraction of sp³-hybridized carbons (Fsp3) is 0.504. The second-order valence-corrected chi connectivity index (χ2v) is 48.1. The molecule has 0 unspecified atom stereocenters. The molecule has 0 saturated heterocycles. The standard InChI is InChI=1S/C30H42N2O5S.C28H38N2O4.C28H38N2O3.C27H36N2O4/c1-28(2,3)23-17-21(18-24(25(23)33)29(4,5)6)26(34)32-30(15-9-8-10-16-30)27(35)31-19-20-11-13-22(14-12-20)38(7,36)37;1-26(2,3)21-15-19(16-22(23(21)34-8)27(4,5)6)24(31)30-28(13-14-28)25(32)29-17-18-9-11-20(33-7)12-10-18;1-26(2,3)21-17-19(18-22(23(21)31)27(4,5)6)24(32)30-28(15-11-8-12-16-28)25(33)29-20-13-9-7-10-14-20;1-25(2,3)20-14-18(15-21(22(20)30)26(4,5)6)23(31)29-27(12-13-27)24(32)28-16-17-8-10-19(33-7)11-9-17/h11-14,17-18,33H,8-10,15-16,19H2,1-7H3,(H,31,35)(H,32,34);9-12,15-16H,13-14,17H2,1-8H3,(H,29,32)(H,30,31);7,9-10,13-14,17-18,31H,8,11-12,15-16H2,1-6H3,(H,29,33)(H,30,32);8-11,14-15,30H,12-13,16H2,1-7H3,(H,28,32)(H,29,31). The van der Waals surface area contributed by atoms with Gasteiger partial charge in [-0.05, 0) is 208 Å². The predicted molar refractivity (Wildman–Crippen MR) is 548 cm³/mol. The topological polar surface area (TPSA) is 355 Å². The summed E-state index contributed by atoms with van der Waals surface area (Å²) in [6, 6.07) is 45.1. The van der Waals surface area contributed by atoms with E-state index in [1.54, 1.807) is 69.9 Å². The number of amides is 8. The van der Waals surface area contributed by atoms with Crippen molar-refractivity contribution in [2.24, 2.45) is 0 Å². The molecule has 4 aliphatic rings. The monoisotopic (exact) mass is 1910 g/mol. The number of hydrogen-bond donors (Lipinski definition) is 11. The zero-order valence-corrected chi connectivity index (χ0v) is 87.8. The molecule has 0 heterocycles. The van der Waals surface area contributed by atoms with Gasteiger partial charge in [-0.25, -0.2) is 8.42 Å². The van der Waals surface area contributed by atoms with Crippen LogP contribution in [0.15, 0.2) is 157 Å². The number of sulfone groups is 1. The van der Waals surface area contributed by atoms with Crippen molar-refractivity contribution in [3.8, 4) is 34.5 Å². The summed E-state index contributed by atoms with van der Waals surface area (Å²) in [5.74, 6) is 1.09. The maximum absolute atomic E-state index is 13.7. The van der Waals surface area contributed by atoms with E-state index in [9.17, 15) is 62.1 Å². The van der Waals surface area contributed by atoms with Gasteiger partial charge in [0.2, 0.25) is 23.6 Å². The molecule has 4 aliphatic carbocycles. The van der Waals surface area contributed by atoms with Crippen LogP contribution in [0.4, 0.5) is 5.69 Å². The van der Waals surface area contributed by atoms with E-state index in [2.05, 4.69) is 84.1 Å². The molecule has 25 heteroatoms. The number of phenolic OH excluding ortho intramolecular Hbond substituents is 3. The number of hydrogen-bond acceptors (Lipinski definition) is 16. The van der Waals surface area contributed by atoms with Crippen molar-refractivity contribution in [1.82, 2.24) is 37.2 Å². The minimum atomic E-state index is -3.30. The number of benzene rings is 8. The first kappa shape index (κ1) is 110. The lowest BCUT2D eigenvalue weighted by Crippen LogP contribution is -2.59. The number of rotatable bonds is 23. The maximum Gasteiger partial charge on any atom is 0.252 e. The Kier molecular flexibility index (Phi) is 34.2. The zero-order valence-electron chi connectivity index (χ0n) is 87.0. The molecular weight excluding hydrogens is 1760 g/mol. The average Bonchev–Trinajstić information content (AvgIpc) is 1.73. The van der Waals surface area contributed by atoms with Gasteiger partial charge in [0.25, 0.3) is 23.6 Å². The van der Waals surface area contributed by atoms with Gasteiger partial charge >= 0.3 is 0 Å². The van der Waals surface area contributed by atoms with Crippen LogP contribution in [-0.4, -0.2) is 121 Å². The number of carbonyl (C=O) groups is 8. The highest BCUT2D eigenvalue weighted by Crippen LogP contribution is 2.47. The van der Waals surface area contributed by atoms with E-state index in [1.807, 2.05) is 216 Å². The molecule has 0 radical (unpaired) electrons. The van der Waals surface area contributed by atoms with Gasteiger partial charge in [-0.3, -0.25) is 38.4 Å². The van der Waals surface area contributed by atoms with Crippen LogP contribution in [-0.2, 0) is 92.0 Å². The third kappa shape index (κ3) is 28.1. The number of anilines is 1. The summed E-state index contributed by atoms with van der Waals surface area (Å²) < 4.78 is 39.6. The molecule has 12 rings (SSSR count). The summed E-state index contributed by atoms with van der Waals surface area (Å²) in [6.07, 6.45) is 11.4. The average molecular weight is 1910 g/mol. The Morgan fingerprint density at radius 1 is 0.304 bits per heavy atom. The van der Waals surface area contributed by atoms with E-state index in [0.29, 0.717) is 109 Å². The van der Waals surface area contributed by atoms with Crippen molar-refractivity contribution in [2.75, 3.05) is 32.9 Å². The van der Waals surface area contributed by atoms with Crippen molar-refractivity contribution in [3.05, 3.63) is 235 Å². The van der Waals surface area contributed by atoms with Crippen LogP contribution in [0, 0.1) is 0 Å². The third-order valence-corrected chi connectivity index (χ3v) is 27.4. The molecule has 748 valence electrons. The van der Waals surface area contributed by atoms with Crippen molar-refractivity contribution in [1.29, 1.82) is 0 Å². The number of nitrogens with one attached hydrogen (secondary N) is 8. The largest absolute Gasteiger partial charge is 0.507 e. The summed E-state index contributed by atoms with van der Waals surface area (Å²) in [4.78, 5) is 107. The van der Waals surface area contributed by atoms with E-state index < -0.39 is 32.0 Å². The van der Waals surface area contributed by atoms with Gasteiger partial charge in [0.1, 0.15) is 56.7 Å². The number of phenols is 3. The second-order valence-electron chi connectivity index (χ2n) is 46.1. The van der Waals surface area contributed by atoms with Crippen molar-refractivity contribution in [3.63, 3.8) is 0 Å². The van der Waals surface area contributed by atoms with Crippen LogP contribution in [0.25, 0.3) is 0 Å². The SMILES string of the molecule is CC(C)(C)c1cc(C(=O)NC2(C(=O)NCc3ccc(S(C)(=O)=O)cc3)CCCCC2)cc(C(C)(C)C)c1O.CC(C)(C)c1cc(C(=O)NC2(C(=O)Nc3ccccc3)CCCCC2)cc(C(C)(C)C)c1O.COc1ccc(CNC(=O)C2(NC(=O)c3cc(C(C)(C)C)c(O)c(C(C)(C)C)c3)CC2)cc1.COc1ccc(CNC(=O)C2(NC(=O)c3cc(C(C)(C)C)c(OC)c(C(C)(C)C)c3)CC2)cc1. The molecule has 0 spiro atoms. The van der Waals surface area contributed by atoms with Crippen LogP contribution in [0.5, 0.6) is 34.5 Å². The molecule has 11 N–H and O–H groups in total. The lowest BCUT2D eigenvalue weighted by Gasteiger charge is -2.37. The van der Waals surface area contributed by atoms with E-state index in [4.69, 9.17) is 14.2 Å². The maximum atomic E-state index is 13.7.